The molecule has 0 heterocycles. The summed E-state index contributed by atoms with van der Waals surface area (Å²) in [6.45, 7) is 0. The molecule has 2 aromatic carbocycles. The summed E-state index contributed by atoms with van der Waals surface area (Å²) in [4.78, 5) is 0. The van der Waals surface area contributed by atoms with E-state index in [0.717, 1.165) is 24.3 Å². The number of nitrogens with one attached hydrogen (secondary N) is 2. The Morgan fingerprint density at radius 3 is 1.04 bits per heavy atom. The molecule has 8 heteroatoms. The van der Waals surface area contributed by atoms with E-state index >= 15 is 0 Å². The van der Waals surface area contributed by atoms with Crippen molar-refractivity contribution in [2.24, 2.45) is 0 Å². The van der Waals surface area contributed by atoms with Crippen molar-refractivity contribution in [3.05, 3.63) is 89.7 Å². The van der Waals surface area contributed by atoms with Crippen LogP contribution in [0, 0.1) is 30.7 Å². The second kappa shape index (κ2) is 9.74. The van der Waals surface area contributed by atoms with Crippen molar-refractivity contribution in [1.29, 1.82) is 0 Å². The van der Waals surface area contributed by atoms with Gasteiger partial charge in [-0.05, 0) is 24.3 Å². The molecule has 3 nitrogen and oxygen atoms in total. The summed E-state index contributed by atoms with van der Waals surface area (Å²) in [7, 11) is 0. The summed E-state index contributed by atoms with van der Waals surface area (Å²) in [6, 6.07) is 2.29. The Morgan fingerprint density at radius 1 is 0.609 bits per heavy atom. The van der Waals surface area contributed by atoms with Crippen LogP contribution in [0.1, 0.15) is 23.2 Å². The number of benzene rings is 2. The van der Waals surface area contributed by atoms with Crippen LogP contribution in [0.3, 0.4) is 0 Å². The van der Waals surface area contributed by atoms with Crippen LogP contribution >= 0.6 is 0 Å². The van der Waals surface area contributed by atoms with E-state index in [1.54, 1.807) is 0 Å². The van der Waals surface area contributed by atoms with E-state index in [4.69, 9.17) is 11.5 Å². The standard InChI is InChI=1S/C14H10F4N2.CH3.Ir.H2O/c15-9-1-7(2-10(16)5-9)13(19)14(20)8-3-11(17)6-12(18)4-8;;;/h1-6,13-14,19-20H;1H3;;1H2/q-2;-1;+3;/t13-,14-;;;/m0.../s1. The predicted molar refractivity (Wildman–Crippen MR) is 76.9 cm³/mol. The molecule has 0 unspecified atom stereocenters. The molecule has 0 saturated carbocycles. The van der Waals surface area contributed by atoms with Gasteiger partial charge in [0.1, 0.15) is 23.3 Å². The fraction of sp³-hybridized carbons (Fsp3) is 0.133. The maximum atomic E-state index is 13.1. The van der Waals surface area contributed by atoms with Gasteiger partial charge in [-0.2, -0.15) is 0 Å². The van der Waals surface area contributed by atoms with E-state index in [9.17, 15) is 17.6 Å². The fourth-order valence-electron chi connectivity index (χ4n) is 1.89. The number of halogens is 4. The summed E-state index contributed by atoms with van der Waals surface area (Å²) in [5.41, 5.74) is 15.5. The maximum absolute atomic E-state index is 13.1. The monoisotopic (exact) mass is 508 g/mol. The van der Waals surface area contributed by atoms with Gasteiger partial charge in [0.15, 0.2) is 0 Å². The Morgan fingerprint density at radius 2 is 0.826 bits per heavy atom. The van der Waals surface area contributed by atoms with Crippen molar-refractivity contribution in [2.75, 3.05) is 0 Å². The van der Waals surface area contributed by atoms with E-state index in [1.165, 1.54) is 0 Å². The van der Waals surface area contributed by atoms with Crippen LogP contribution < -0.4 is 0 Å². The first-order valence-electron chi connectivity index (χ1n) is 5.71. The van der Waals surface area contributed by atoms with Crippen molar-refractivity contribution in [1.82, 2.24) is 0 Å². The van der Waals surface area contributed by atoms with Gasteiger partial charge in [-0.25, -0.2) is 17.6 Å². The van der Waals surface area contributed by atoms with Crippen molar-refractivity contribution in [2.45, 2.75) is 12.1 Å². The van der Waals surface area contributed by atoms with E-state index in [-0.39, 0.29) is 44.1 Å². The normalized spacial score (nSPS) is 12.3. The molecule has 0 saturated heterocycles. The summed E-state index contributed by atoms with van der Waals surface area (Å²) in [6.07, 6.45) is 0. The van der Waals surface area contributed by atoms with E-state index in [1.807, 2.05) is 0 Å². The zero-order valence-electron chi connectivity index (χ0n) is 12.0. The van der Waals surface area contributed by atoms with Gasteiger partial charge in [0.05, 0.1) is 0 Å². The molecule has 0 bridgehead atoms. The van der Waals surface area contributed by atoms with Gasteiger partial charge in [0.2, 0.25) is 0 Å². The SMILES string of the molecule is O.[CH3-].[Ir+3].[NH-][C@@H](c1cc(F)cc(F)c1)[C@@H]([NH-])c1cc(F)cc(F)c1. The fourth-order valence-corrected chi connectivity index (χ4v) is 1.89. The molecule has 2 rings (SSSR count). The van der Waals surface area contributed by atoms with Gasteiger partial charge in [0, 0.05) is 12.1 Å². The average molecular weight is 508 g/mol. The molecular weight excluding hydrogens is 492 g/mol. The molecule has 0 aromatic heterocycles. The first-order valence-corrected chi connectivity index (χ1v) is 5.71. The van der Waals surface area contributed by atoms with Gasteiger partial charge in [0.25, 0.3) is 0 Å². The van der Waals surface area contributed by atoms with Gasteiger partial charge < -0.3 is 24.4 Å². The van der Waals surface area contributed by atoms with Crippen LogP contribution in [0.25, 0.3) is 11.5 Å². The van der Waals surface area contributed by atoms with E-state index in [0.29, 0.717) is 12.1 Å². The van der Waals surface area contributed by atoms with E-state index < -0.39 is 35.4 Å². The molecule has 128 valence electrons. The number of hydrogen-bond donors (Lipinski definition) is 0. The third kappa shape index (κ3) is 6.01. The zero-order valence-corrected chi connectivity index (χ0v) is 14.4. The molecule has 23 heavy (non-hydrogen) atoms. The second-order valence-electron chi connectivity index (χ2n) is 4.36. The van der Waals surface area contributed by atoms with Crippen molar-refractivity contribution in [3.8, 4) is 0 Å². The molecule has 0 amide bonds. The first-order chi connectivity index (χ1) is 9.36. The van der Waals surface area contributed by atoms with Gasteiger partial charge >= 0.3 is 20.1 Å². The largest absolute Gasteiger partial charge is 3.00 e. The molecule has 4 N–H and O–H groups in total. The minimum Gasteiger partial charge on any atom is -0.672 e. The van der Waals surface area contributed by atoms with Gasteiger partial charge in [-0.1, -0.05) is 11.1 Å². The first kappa shape index (κ1) is 23.9. The van der Waals surface area contributed by atoms with Gasteiger partial charge in [-0.3, -0.25) is 0 Å². The molecule has 0 spiro atoms. The zero-order chi connectivity index (χ0) is 14.9. The van der Waals surface area contributed by atoms with Crippen LogP contribution in [-0.2, 0) is 20.1 Å². The second-order valence-corrected chi connectivity index (χ2v) is 4.36. The summed E-state index contributed by atoms with van der Waals surface area (Å²) in [5, 5.41) is 0. The molecule has 2 atom stereocenters. The smallest absolute Gasteiger partial charge is 0.672 e. The van der Waals surface area contributed by atoms with Crippen LogP contribution in [0.2, 0.25) is 0 Å². The molecular formula is C15H15F4IrN2O. The molecule has 0 aliphatic rings. The topological polar surface area (TPSA) is 79.1 Å². The Bertz CT molecular complexity index is 547. The molecule has 0 fully saturated rings. The minimum absolute atomic E-state index is 0. The van der Waals surface area contributed by atoms with Crippen LogP contribution in [0.15, 0.2) is 36.4 Å². The summed E-state index contributed by atoms with van der Waals surface area (Å²) < 4.78 is 52.3. The number of rotatable bonds is 3. The van der Waals surface area contributed by atoms with Crippen LogP contribution in [-0.4, -0.2) is 5.48 Å². The van der Waals surface area contributed by atoms with Crippen LogP contribution in [0.5, 0.6) is 0 Å². The third-order valence-electron chi connectivity index (χ3n) is 2.82. The van der Waals surface area contributed by atoms with Gasteiger partial charge in [-0.15, -0.1) is 12.1 Å². The Labute approximate surface area is 145 Å². The Kier molecular flexibility index (Phi) is 10.1. The van der Waals surface area contributed by atoms with E-state index in [2.05, 4.69) is 0 Å². The molecule has 0 aliphatic carbocycles. The summed E-state index contributed by atoms with van der Waals surface area (Å²) >= 11 is 0. The summed E-state index contributed by atoms with van der Waals surface area (Å²) in [5.74, 6) is -3.46. The van der Waals surface area contributed by atoms with Crippen molar-refractivity contribution in [3.63, 3.8) is 0 Å². The number of hydrogen-bond acceptors (Lipinski definition) is 0. The Hall–Kier alpha value is -1.31. The Balaban J connectivity index is 0. The van der Waals surface area contributed by atoms with Crippen molar-refractivity contribution < 1.29 is 43.1 Å². The molecule has 2 aromatic rings. The minimum atomic E-state index is -1.36. The average Bonchev–Trinajstić information content (AvgIpc) is 2.34. The molecule has 0 radical (unpaired) electrons. The van der Waals surface area contributed by atoms with Crippen LogP contribution in [0.4, 0.5) is 17.6 Å². The maximum Gasteiger partial charge on any atom is 3.00 e. The van der Waals surface area contributed by atoms with Crippen molar-refractivity contribution >= 4 is 0 Å². The third-order valence-corrected chi connectivity index (χ3v) is 2.82. The quantitative estimate of drug-likeness (QED) is 0.425. The predicted octanol–water partition coefficient (Wildman–Crippen LogP) is 4.75. The molecule has 0 aliphatic heterocycles.